The van der Waals surface area contributed by atoms with Crippen LogP contribution in [0.15, 0.2) is 0 Å². The normalized spacial score (nSPS) is 15.0. The van der Waals surface area contributed by atoms with E-state index in [2.05, 4.69) is 51.2 Å². The molecular weight excluding hydrogens is 150 g/mol. The van der Waals surface area contributed by atoms with Crippen molar-refractivity contribution in [1.82, 2.24) is 4.90 Å². The van der Waals surface area contributed by atoms with Crippen LogP contribution in [0.1, 0.15) is 13.3 Å². The van der Waals surface area contributed by atoms with Crippen LogP contribution in [-0.2, 0) is 0 Å². The molecule has 0 saturated carbocycles. The SMILES string of the molecule is C[C@H](CC(S)S)N(C)C. The van der Waals surface area contributed by atoms with E-state index in [4.69, 9.17) is 0 Å². The Balaban J connectivity index is 3.38. The van der Waals surface area contributed by atoms with Gasteiger partial charge in [-0.25, -0.2) is 0 Å². The molecule has 0 rings (SSSR count). The number of hydrogen-bond donors (Lipinski definition) is 2. The molecule has 0 aliphatic rings. The molecule has 0 bridgehead atoms. The fraction of sp³-hybridized carbons (Fsp3) is 1.00. The number of hydrogen-bond acceptors (Lipinski definition) is 3. The summed E-state index contributed by atoms with van der Waals surface area (Å²) in [7, 11) is 4.13. The van der Waals surface area contributed by atoms with Gasteiger partial charge in [0.1, 0.15) is 0 Å². The summed E-state index contributed by atoms with van der Waals surface area (Å²) in [5, 5.41) is 0. The summed E-state index contributed by atoms with van der Waals surface area (Å²) in [6.07, 6.45) is 1.03. The minimum Gasteiger partial charge on any atom is -0.307 e. The van der Waals surface area contributed by atoms with E-state index < -0.39 is 0 Å². The monoisotopic (exact) mass is 165 g/mol. The molecule has 1 nitrogen and oxygen atoms in total. The number of nitrogens with zero attached hydrogens (tertiary/aromatic N) is 1. The van der Waals surface area contributed by atoms with Crippen molar-refractivity contribution >= 4 is 25.3 Å². The lowest BCUT2D eigenvalue weighted by Crippen LogP contribution is -2.26. The van der Waals surface area contributed by atoms with Crippen LogP contribution in [0.2, 0.25) is 0 Å². The fourth-order valence-corrected chi connectivity index (χ4v) is 1.13. The highest BCUT2D eigenvalue weighted by Gasteiger charge is 2.06. The molecule has 0 aliphatic heterocycles. The van der Waals surface area contributed by atoms with Crippen LogP contribution in [0.4, 0.5) is 0 Å². The second kappa shape index (κ2) is 4.47. The average Bonchev–Trinajstić information content (AvgIpc) is 1.63. The van der Waals surface area contributed by atoms with E-state index in [1.165, 1.54) is 0 Å². The van der Waals surface area contributed by atoms with Gasteiger partial charge in [0.2, 0.25) is 0 Å². The van der Waals surface area contributed by atoms with E-state index in [0.717, 1.165) is 6.42 Å². The van der Waals surface area contributed by atoms with Crippen molar-refractivity contribution in [3.05, 3.63) is 0 Å². The predicted molar refractivity (Wildman–Crippen MR) is 49.5 cm³/mol. The van der Waals surface area contributed by atoms with Gasteiger partial charge >= 0.3 is 0 Å². The molecule has 1 atom stereocenters. The number of thiol groups is 2. The zero-order chi connectivity index (χ0) is 7.44. The van der Waals surface area contributed by atoms with E-state index in [9.17, 15) is 0 Å². The van der Waals surface area contributed by atoms with E-state index in [-0.39, 0.29) is 4.58 Å². The van der Waals surface area contributed by atoms with E-state index in [1.807, 2.05) is 0 Å². The lowest BCUT2D eigenvalue weighted by atomic mass is 10.2. The molecule has 3 heteroatoms. The fourth-order valence-electron chi connectivity index (χ4n) is 0.516. The molecule has 0 radical (unpaired) electrons. The third-order valence-electron chi connectivity index (χ3n) is 1.43. The highest BCUT2D eigenvalue weighted by Crippen LogP contribution is 2.10. The van der Waals surface area contributed by atoms with Crippen molar-refractivity contribution in [3.63, 3.8) is 0 Å². The molecule has 0 aromatic rings. The maximum Gasteiger partial charge on any atom is 0.0457 e. The Morgan fingerprint density at radius 3 is 1.89 bits per heavy atom. The first-order valence-corrected chi connectivity index (χ1v) is 4.10. The van der Waals surface area contributed by atoms with Gasteiger partial charge in [-0.05, 0) is 27.4 Å². The molecular formula is C6H15NS2. The van der Waals surface area contributed by atoms with Crippen LogP contribution in [-0.4, -0.2) is 29.6 Å². The predicted octanol–water partition coefficient (Wildman–Crippen LogP) is 1.51. The smallest absolute Gasteiger partial charge is 0.0457 e. The van der Waals surface area contributed by atoms with Crippen molar-refractivity contribution in [2.24, 2.45) is 0 Å². The van der Waals surface area contributed by atoms with Gasteiger partial charge in [-0.1, -0.05) is 0 Å². The highest BCUT2D eigenvalue weighted by atomic mass is 32.2. The first kappa shape index (κ1) is 9.66. The lowest BCUT2D eigenvalue weighted by molar-refractivity contribution is 0.306. The van der Waals surface area contributed by atoms with Gasteiger partial charge in [-0.2, -0.15) is 25.3 Å². The van der Waals surface area contributed by atoms with Crippen LogP contribution in [0.5, 0.6) is 0 Å². The molecule has 0 aromatic carbocycles. The van der Waals surface area contributed by atoms with E-state index >= 15 is 0 Å². The summed E-state index contributed by atoms with van der Waals surface area (Å²) in [5.74, 6) is 0. The Morgan fingerprint density at radius 2 is 1.78 bits per heavy atom. The molecule has 56 valence electrons. The standard InChI is InChI=1S/C6H15NS2/c1-5(7(2)3)4-6(8)9/h5-6,8-9H,4H2,1-3H3/t5-/m1/s1. The van der Waals surface area contributed by atoms with Gasteiger partial charge in [-0.15, -0.1) is 0 Å². The van der Waals surface area contributed by atoms with E-state index in [1.54, 1.807) is 0 Å². The molecule has 0 aliphatic carbocycles. The van der Waals surface area contributed by atoms with Crippen molar-refractivity contribution in [3.8, 4) is 0 Å². The molecule has 0 aromatic heterocycles. The summed E-state index contributed by atoms with van der Waals surface area (Å²) in [5.41, 5.74) is 0. The molecule has 0 fully saturated rings. The van der Waals surface area contributed by atoms with Crippen molar-refractivity contribution < 1.29 is 0 Å². The Hall–Kier alpha value is 0.660. The third-order valence-corrected chi connectivity index (χ3v) is 1.86. The zero-order valence-electron chi connectivity index (χ0n) is 6.20. The van der Waals surface area contributed by atoms with Crippen LogP contribution < -0.4 is 0 Å². The first-order valence-electron chi connectivity index (χ1n) is 3.06. The maximum absolute atomic E-state index is 4.17. The summed E-state index contributed by atoms with van der Waals surface area (Å²) in [4.78, 5) is 2.17. The zero-order valence-corrected chi connectivity index (χ0v) is 7.99. The van der Waals surface area contributed by atoms with Gasteiger partial charge in [0.15, 0.2) is 0 Å². The van der Waals surface area contributed by atoms with Crippen LogP contribution >= 0.6 is 25.3 Å². The Morgan fingerprint density at radius 1 is 1.33 bits per heavy atom. The third kappa shape index (κ3) is 5.12. The number of rotatable bonds is 3. The van der Waals surface area contributed by atoms with Crippen molar-refractivity contribution in [1.29, 1.82) is 0 Å². The van der Waals surface area contributed by atoms with Crippen LogP contribution in [0.25, 0.3) is 0 Å². The van der Waals surface area contributed by atoms with Gasteiger partial charge in [0.05, 0.1) is 0 Å². The van der Waals surface area contributed by atoms with Gasteiger partial charge in [0, 0.05) is 10.6 Å². The molecule has 0 spiro atoms. The Kier molecular flexibility index (Phi) is 4.80. The summed E-state index contributed by atoms with van der Waals surface area (Å²) >= 11 is 8.34. The largest absolute Gasteiger partial charge is 0.307 e. The first-order chi connectivity index (χ1) is 4.04. The minimum absolute atomic E-state index is 0.211. The topological polar surface area (TPSA) is 3.24 Å². The molecule has 0 saturated heterocycles. The highest BCUT2D eigenvalue weighted by molar-refractivity contribution is 7.99. The minimum atomic E-state index is 0.211. The molecule has 9 heavy (non-hydrogen) atoms. The quantitative estimate of drug-likeness (QED) is 0.474. The summed E-state index contributed by atoms with van der Waals surface area (Å²) in [6.45, 7) is 2.17. The van der Waals surface area contributed by atoms with Crippen molar-refractivity contribution in [2.45, 2.75) is 24.0 Å². The van der Waals surface area contributed by atoms with Gasteiger partial charge in [-0.3, -0.25) is 0 Å². The average molecular weight is 165 g/mol. The van der Waals surface area contributed by atoms with Gasteiger partial charge in [0.25, 0.3) is 0 Å². The summed E-state index contributed by atoms with van der Waals surface area (Å²) in [6, 6.07) is 0.574. The van der Waals surface area contributed by atoms with Crippen LogP contribution in [0.3, 0.4) is 0 Å². The molecule has 0 unspecified atom stereocenters. The maximum atomic E-state index is 4.17. The molecule has 0 amide bonds. The Bertz CT molecular complexity index is 73.5. The van der Waals surface area contributed by atoms with E-state index in [0.29, 0.717) is 6.04 Å². The van der Waals surface area contributed by atoms with Gasteiger partial charge < -0.3 is 4.90 Å². The molecule has 0 N–H and O–H groups in total. The second-order valence-corrected chi connectivity index (χ2v) is 4.18. The Labute approximate surface area is 68.6 Å². The summed E-state index contributed by atoms with van der Waals surface area (Å²) < 4.78 is 0.211. The second-order valence-electron chi connectivity index (χ2n) is 2.53. The molecule has 0 heterocycles. The lowest BCUT2D eigenvalue weighted by Gasteiger charge is -2.20. The van der Waals surface area contributed by atoms with Crippen molar-refractivity contribution in [2.75, 3.05) is 14.1 Å². The van der Waals surface area contributed by atoms with Crippen LogP contribution in [0, 0.1) is 0 Å².